The molecule has 0 radical (unpaired) electrons. The van der Waals surface area contributed by atoms with E-state index in [9.17, 15) is 8.60 Å². The van der Waals surface area contributed by atoms with E-state index in [1.54, 1.807) is 6.92 Å². The summed E-state index contributed by atoms with van der Waals surface area (Å²) in [4.78, 5) is 0. The first kappa shape index (κ1) is 7.82. The van der Waals surface area contributed by atoms with Crippen LogP contribution in [0.1, 0.15) is 13.8 Å². The summed E-state index contributed by atoms with van der Waals surface area (Å²) in [6.45, 7) is 3.03. The minimum atomic E-state index is -1.09. The lowest BCUT2D eigenvalue weighted by Gasteiger charge is -1.84. The Morgan fingerprint density at radius 2 is 2.38 bits per heavy atom. The van der Waals surface area contributed by atoms with Gasteiger partial charge in [-0.2, -0.15) is 0 Å². The molecule has 1 unspecified atom stereocenters. The molecule has 0 bridgehead atoms. The number of hydrogen-bond donors (Lipinski definition) is 0. The first-order chi connectivity index (χ1) is 3.66. The lowest BCUT2D eigenvalue weighted by molar-refractivity contribution is 0.640. The molecule has 0 spiro atoms. The van der Waals surface area contributed by atoms with E-state index in [1.165, 1.54) is 6.92 Å². The van der Waals surface area contributed by atoms with Crippen LogP contribution in [-0.4, -0.2) is 9.96 Å². The van der Waals surface area contributed by atoms with Crippen LogP contribution >= 0.6 is 0 Å². The summed E-state index contributed by atoms with van der Waals surface area (Å²) in [6, 6.07) is 0. The van der Waals surface area contributed by atoms with E-state index in [-0.39, 0.29) is 5.83 Å². The molecule has 8 heavy (non-hydrogen) atoms. The zero-order valence-electron chi connectivity index (χ0n) is 4.98. The van der Waals surface area contributed by atoms with E-state index in [1.807, 2.05) is 0 Å². The van der Waals surface area contributed by atoms with Gasteiger partial charge < -0.3 is 0 Å². The van der Waals surface area contributed by atoms with Crippen LogP contribution in [0.25, 0.3) is 0 Å². The van der Waals surface area contributed by atoms with Crippen LogP contribution in [0.2, 0.25) is 0 Å². The molecule has 48 valence electrons. The first-order valence-corrected chi connectivity index (χ1v) is 3.76. The third kappa shape index (κ3) is 3.99. The van der Waals surface area contributed by atoms with E-state index in [4.69, 9.17) is 0 Å². The van der Waals surface area contributed by atoms with Gasteiger partial charge in [0.1, 0.15) is 5.83 Å². The van der Waals surface area contributed by atoms with Crippen molar-refractivity contribution < 1.29 is 8.60 Å². The maximum absolute atomic E-state index is 11.8. The topological polar surface area (TPSA) is 17.1 Å². The third-order valence-corrected chi connectivity index (χ3v) is 1.74. The summed E-state index contributed by atoms with van der Waals surface area (Å²) in [6.07, 6.45) is 0. The van der Waals surface area contributed by atoms with Gasteiger partial charge in [-0.25, -0.2) is 4.39 Å². The lowest BCUT2D eigenvalue weighted by Crippen LogP contribution is -1.85. The molecule has 0 N–H and O–H groups in total. The Morgan fingerprint density at radius 1 is 1.88 bits per heavy atom. The maximum Gasteiger partial charge on any atom is 0.106 e. The van der Waals surface area contributed by atoms with Crippen LogP contribution in [0.3, 0.4) is 0 Å². The summed E-state index contributed by atoms with van der Waals surface area (Å²) >= 11 is 0. The highest BCUT2D eigenvalue weighted by atomic mass is 32.2. The molecule has 0 aliphatic heterocycles. The number of halogens is 1. The van der Waals surface area contributed by atoms with Crippen molar-refractivity contribution in [3.8, 4) is 0 Å². The van der Waals surface area contributed by atoms with Crippen LogP contribution in [0.4, 0.5) is 4.39 Å². The van der Waals surface area contributed by atoms with E-state index in [0.29, 0.717) is 5.75 Å². The normalized spacial score (nSPS) is 16.1. The second-order valence-corrected chi connectivity index (χ2v) is 2.95. The van der Waals surface area contributed by atoms with Gasteiger partial charge in [0, 0.05) is 22.0 Å². The molecule has 0 aromatic rings. The van der Waals surface area contributed by atoms with E-state index in [2.05, 4.69) is 0 Å². The van der Waals surface area contributed by atoms with Crippen molar-refractivity contribution in [1.82, 2.24) is 0 Å². The zero-order valence-corrected chi connectivity index (χ0v) is 5.80. The molecule has 0 aromatic heterocycles. The van der Waals surface area contributed by atoms with Gasteiger partial charge in [0.15, 0.2) is 0 Å². The van der Waals surface area contributed by atoms with Gasteiger partial charge in [-0.3, -0.25) is 4.21 Å². The van der Waals surface area contributed by atoms with Crippen molar-refractivity contribution in [2.45, 2.75) is 13.8 Å². The summed E-state index contributed by atoms with van der Waals surface area (Å²) < 4.78 is 22.2. The molecule has 0 amide bonds. The van der Waals surface area contributed by atoms with Crippen LogP contribution in [-0.2, 0) is 10.8 Å². The average Bonchev–Trinajstić information content (AvgIpc) is 1.65. The highest BCUT2D eigenvalue weighted by Crippen LogP contribution is 1.95. The third-order valence-electron chi connectivity index (χ3n) is 0.578. The van der Waals surface area contributed by atoms with Gasteiger partial charge >= 0.3 is 0 Å². The summed E-state index contributed by atoms with van der Waals surface area (Å²) in [5.74, 6) is 0.117. The van der Waals surface area contributed by atoms with Crippen molar-refractivity contribution in [2.75, 3.05) is 5.75 Å². The smallest absolute Gasteiger partial charge is 0.106 e. The van der Waals surface area contributed by atoms with Crippen molar-refractivity contribution in [2.24, 2.45) is 0 Å². The van der Waals surface area contributed by atoms with Gasteiger partial charge in [0.25, 0.3) is 0 Å². The van der Waals surface area contributed by atoms with E-state index in [0.717, 1.165) is 5.41 Å². The molecule has 1 atom stereocenters. The summed E-state index contributed by atoms with van der Waals surface area (Å²) in [7, 11) is -1.09. The zero-order chi connectivity index (χ0) is 6.57. The average molecular weight is 136 g/mol. The Bertz CT molecular complexity index is 116. The predicted octanol–water partition coefficient (Wildman–Crippen LogP) is 1.59. The minimum Gasteiger partial charge on any atom is -0.255 e. The Labute approximate surface area is 51.0 Å². The van der Waals surface area contributed by atoms with Crippen molar-refractivity contribution in [3.63, 3.8) is 0 Å². The van der Waals surface area contributed by atoms with Gasteiger partial charge in [-0.1, -0.05) is 6.92 Å². The Balaban J connectivity index is 3.70. The second-order valence-electron chi connectivity index (χ2n) is 1.37. The predicted molar refractivity (Wildman–Crippen MR) is 33.5 cm³/mol. The fourth-order valence-electron chi connectivity index (χ4n) is 0.264. The molecular formula is C5H9FOS. The monoisotopic (exact) mass is 136 g/mol. The maximum atomic E-state index is 11.8. The van der Waals surface area contributed by atoms with Crippen LogP contribution < -0.4 is 0 Å². The lowest BCUT2D eigenvalue weighted by atomic mass is 10.7. The fraction of sp³-hybridized carbons (Fsp3) is 0.600. The molecular weight excluding hydrogens is 127 g/mol. The largest absolute Gasteiger partial charge is 0.255 e. The minimum absolute atomic E-state index is 0.370. The molecule has 0 aliphatic carbocycles. The molecule has 0 aromatic carbocycles. The first-order valence-electron chi connectivity index (χ1n) is 2.38. The Hall–Kier alpha value is -0.180. The quantitative estimate of drug-likeness (QED) is 0.563. The van der Waals surface area contributed by atoms with Crippen molar-refractivity contribution in [1.29, 1.82) is 0 Å². The van der Waals surface area contributed by atoms with E-state index >= 15 is 0 Å². The van der Waals surface area contributed by atoms with Gasteiger partial charge in [0.2, 0.25) is 0 Å². The molecule has 0 saturated carbocycles. The molecule has 0 heterocycles. The second kappa shape index (κ2) is 3.78. The van der Waals surface area contributed by atoms with Gasteiger partial charge in [-0.05, 0) is 6.92 Å². The van der Waals surface area contributed by atoms with Crippen molar-refractivity contribution in [3.05, 3.63) is 11.2 Å². The van der Waals surface area contributed by atoms with E-state index < -0.39 is 10.8 Å². The Morgan fingerprint density at radius 3 is 2.50 bits per heavy atom. The fourth-order valence-corrected chi connectivity index (χ4v) is 0.793. The Kier molecular flexibility index (Phi) is 3.69. The molecule has 0 aliphatic rings. The summed E-state index contributed by atoms with van der Waals surface area (Å²) in [5, 5.41) is 1.11. The molecule has 0 saturated heterocycles. The standard InChI is InChI=1S/C5H9FOS/c1-3-8(7)4-5(2)6/h4H,3H2,1-2H3/b5-4-. The molecule has 0 rings (SSSR count). The summed E-state index contributed by atoms with van der Waals surface area (Å²) in [5.41, 5.74) is 0. The number of allylic oxidation sites excluding steroid dienone is 1. The highest BCUT2D eigenvalue weighted by molar-refractivity contribution is 7.87. The number of rotatable bonds is 2. The molecule has 1 nitrogen and oxygen atoms in total. The van der Waals surface area contributed by atoms with Crippen LogP contribution in [0.15, 0.2) is 11.2 Å². The van der Waals surface area contributed by atoms with Gasteiger partial charge in [0.05, 0.1) is 0 Å². The molecule has 0 fully saturated rings. The molecule has 3 heteroatoms. The van der Waals surface area contributed by atoms with Crippen LogP contribution in [0, 0.1) is 0 Å². The van der Waals surface area contributed by atoms with Crippen LogP contribution in [0.5, 0.6) is 0 Å². The SMILES string of the molecule is CCS(=O)/C=C(/C)F. The number of hydrogen-bond acceptors (Lipinski definition) is 1. The van der Waals surface area contributed by atoms with Gasteiger partial charge in [-0.15, -0.1) is 0 Å². The highest BCUT2D eigenvalue weighted by Gasteiger charge is 1.88. The van der Waals surface area contributed by atoms with Crippen molar-refractivity contribution >= 4 is 10.8 Å².